The van der Waals surface area contributed by atoms with Crippen molar-refractivity contribution in [2.45, 2.75) is 53.1 Å². The van der Waals surface area contributed by atoms with Crippen LogP contribution in [-0.2, 0) is 16.1 Å². The number of ether oxygens (including phenoxy) is 1. The molecule has 1 aliphatic rings. The molecule has 164 valence electrons. The molecule has 7 heteroatoms. The molecule has 1 fully saturated rings. The molecule has 1 aromatic carbocycles. The van der Waals surface area contributed by atoms with Gasteiger partial charge in [0.15, 0.2) is 0 Å². The van der Waals surface area contributed by atoms with Crippen molar-refractivity contribution < 1.29 is 18.4 Å². The van der Waals surface area contributed by atoms with Crippen LogP contribution in [0, 0.1) is 11.7 Å². The Kier molecular flexibility index (Phi) is 7.48. The zero-order valence-corrected chi connectivity index (χ0v) is 18.4. The maximum atomic E-state index is 13.5. The van der Waals surface area contributed by atoms with Gasteiger partial charge in [0.1, 0.15) is 11.5 Å². The van der Waals surface area contributed by atoms with E-state index in [0.717, 1.165) is 17.5 Å². The van der Waals surface area contributed by atoms with E-state index >= 15 is 0 Å². The van der Waals surface area contributed by atoms with Crippen LogP contribution in [0.25, 0.3) is 11.3 Å². The topological polar surface area (TPSA) is 58.8 Å². The fourth-order valence-corrected chi connectivity index (χ4v) is 3.64. The van der Waals surface area contributed by atoms with Gasteiger partial charge in [-0.05, 0) is 43.5 Å². The van der Waals surface area contributed by atoms with Gasteiger partial charge >= 0.3 is 0 Å². The summed E-state index contributed by atoms with van der Waals surface area (Å²) in [4.78, 5) is 17.1. The quantitative estimate of drug-likeness (QED) is 0.633. The number of benzene rings is 1. The van der Waals surface area contributed by atoms with E-state index in [4.69, 9.17) is 9.26 Å². The van der Waals surface area contributed by atoms with Crippen LogP contribution in [-0.4, -0.2) is 48.3 Å². The van der Waals surface area contributed by atoms with Crippen molar-refractivity contribution in [2.75, 3.05) is 31.2 Å². The fourth-order valence-electron chi connectivity index (χ4n) is 3.64. The summed E-state index contributed by atoms with van der Waals surface area (Å²) in [5.74, 6) is 0.772. The number of aromatic nitrogens is 1. The molecule has 1 unspecified atom stereocenters. The Hall–Kier alpha value is -2.41. The largest absolute Gasteiger partial charge is 0.378 e. The first kappa shape index (κ1) is 22.3. The molecule has 2 heterocycles. The van der Waals surface area contributed by atoms with Crippen molar-refractivity contribution in [1.82, 2.24) is 10.1 Å². The van der Waals surface area contributed by atoms with E-state index in [2.05, 4.69) is 37.8 Å². The predicted molar refractivity (Wildman–Crippen MR) is 115 cm³/mol. The molecule has 0 N–H and O–H groups in total. The molecule has 30 heavy (non-hydrogen) atoms. The lowest BCUT2D eigenvalue weighted by molar-refractivity contribution is -0.134. The Balaban J connectivity index is 2.00. The molecule has 0 aliphatic carbocycles. The van der Waals surface area contributed by atoms with Crippen molar-refractivity contribution in [3.05, 3.63) is 35.6 Å². The standard InChI is InChI=1S/C23H32FN3O3/c1-5-17(4)27(21(28)14-16(2)3)15-20-22(18-6-8-19(24)9-7-18)25-30-23(20)26-10-12-29-13-11-26/h6-9,16-17H,5,10-15H2,1-4H3. The van der Waals surface area contributed by atoms with Gasteiger partial charge in [-0.2, -0.15) is 0 Å². The second-order valence-corrected chi connectivity index (χ2v) is 8.30. The van der Waals surface area contributed by atoms with E-state index in [1.807, 2.05) is 4.90 Å². The highest BCUT2D eigenvalue weighted by Gasteiger charge is 2.29. The first-order chi connectivity index (χ1) is 14.4. The summed E-state index contributed by atoms with van der Waals surface area (Å²) in [5.41, 5.74) is 2.29. The molecule has 6 nitrogen and oxygen atoms in total. The number of anilines is 1. The van der Waals surface area contributed by atoms with Gasteiger partial charge in [-0.15, -0.1) is 0 Å². The third-order valence-corrected chi connectivity index (χ3v) is 5.54. The zero-order chi connectivity index (χ0) is 21.7. The summed E-state index contributed by atoms with van der Waals surface area (Å²) < 4.78 is 24.7. The van der Waals surface area contributed by atoms with Crippen molar-refractivity contribution in [3.63, 3.8) is 0 Å². The summed E-state index contributed by atoms with van der Waals surface area (Å²) in [6.45, 7) is 11.3. The van der Waals surface area contributed by atoms with Crippen LogP contribution in [0.2, 0.25) is 0 Å². The minimum atomic E-state index is -0.300. The van der Waals surface area contributed by atoms with Gasteiger partial charge in [0, 0.05) is 31.1 Å². The summed E-state index contributed by atoms with van der Waals surface area (Å²) >= 11 is 0. The number of halogens is 1. The maximum Gasteiger partial charge on any atom is 0.233 e. The van der Waals surface area contributed by atoms with Crippen LogP contribution >= 0.6 is 0 Å². The van der Waals surface area contributed by atoms with E-state index in [1.54, 1.807) is 12.1 Å². The molecule has 1 aromatic heterocycles. The third kappa shape index (κ3) is 5.19. The van der Waals surface area contributed by atoms with Crippen LogP contribution in [0.5, 0.6) is 0 Å². The highest BCUT2D eigenvalue weighted by molar-refractivity contribution is 5.78. The van der Waals surface area contributed by atoms with Crippen molar-refractivity contribution in [3.8, 4) is 11.3 Å². The molecule has 0 radical (unpaired) electrons. The summed E-state index contributed by atoms with van der Waals surface area (Å²) in [6.07, 6.45) is 1.35. The van der Waals surface area contributed by atoms with Gasteiger partial charge < -0.3 is 19.1 Å². The number of rotatable bonds is 8. The molecular weight excluding hydrogens is 385 g/mol. The summed E-state index contributed by atoms with van der Waals surface area (Å²) in [7, 11) is 0. The molecule has 3 rings (SSSR count). The van der Waals surface area contributed by atoms with Crippen LogP contribution < -0.4 is 4.90 Å². The minimum absolute atomic E-state index is 0.0877. The van der Waals surface area contributed by atoms with Crippen molar-refractivity contribution in [2.24, 2.45) is 5.92 Å². The normalized spacial score (nSPS) is 15.5. The highest BCUT2D eigenvalue weighted by Crippen LogP contribution is 2.34. The fraction of sp³-hybridized carbons (Fsp3) is 0.565. The Morgan fingerprint density at radius 2 is 1.87 bits per heavy atom. The third-order valence-electron chi connectivity index (χ3n) is 5.54. The van der Waals surface area contributed by atoms with Gasteiger partial charge in [0.05, 0.1) is 25.3 Å². The first-order valence-corrected chi connectivity index (χ1v) is 10.8. The molecular formula is C23H32FN3O3. The molecule has 0 bridgehead atoms. The van der Waals surface area contributed by atoms with Gasteiger partial charge in [0.25, 0.3) is 0 Å². The Morgan fingerprint density at radius 1 is 1.20 bits per heavy atom. The molecule has 1 atom stereocenters. The van der Waals surface area contributed by atoms with Gasteiger partial charge in [-0.25, -0.2) is 4.39 Å². The van der Waals surface area contributed by atoms with Gasteiger partial charge in [-0.1, -0.05) is 25.9 Å². The van der Waals surface area contributed by atoms with Crippen LogP contribution in [0.1, 0.15) is 46.1 Å². The molecule has 0 saturated carbocycles. The van der Waals surface area contributed by atoms with Gasteiger partial charge in [0.2, 0.25) is 11.8 Å². The predicted octanol–water partition coefficient (Wildman–Crippen LogP) is 4.49. The average Bonchev–Trinajstić information content (AvgIpc) is 3.15. The highest BCUT2D eigenvalue weighted by atomic mass is 19.1. The van der Waals surface area contributed by atoms with E-state index in [0.29, 0.717) is 50.8 Å². The lowest BCUT2D eigenvalue weighted by Gasteiger charge is -2.31. The Labute approximate surface area is 178 Å². The smallest absolute Gasteiger partial charge is 0.233 e. The summed E-state index contributed by atoms with van der Waals surface area (Å²) in [6, 6.07) is 6.31. The summed E-state index contributed by atoms with van der Waals surface area (Å²) in [5, 5.41) is 4.33. The lowest BCUT2D eigenvalue weighted by Crippen LogP contribution is -2.40. The van der Waals surface area contributed by atoms with Crippen LogP contribution in [0.4, 0.5) is 10.3 Å². The number of hydrogen-bond donors (Lipinski definition) is 0. The molecule has 1 aliphatic heterocycles. The van der Waals surface area contributed by atoms with E-state index in [1.165, 1.54) is 12.1 Å². The van der Waals surface area contributed by atoms with E-state index < -0.39 is 0 Å². The number of carbonyl (C=O) groups excluding carboxylic acids is 1. The molecule has 0 spiro atoms. The van der Waals surface area contributed by atoms with Gasteiger partial charge in [-0.3, -0.25) is 4.79 Å². The number of morpholine rings is 1. The second kappa shape index (κ2) is 10.1. The monoisotopic (exact) mass is 417 g/mol. The van der Waals surface area contributed by atoms with Crippen molar-refractivity contribution >= 4 is 11.8 Å². The van der Waals surface area contributed by atoms with Crippen LogP contribution in [0.15, 0.2) is 28.8 Å². The Bertz CT molecular complexity index is 829. The number of hydrogen-bond acceptors (Lipinski definition) is 5. The Morgan fingerprint density at radius 3 is 2.47 bits per heavy atom. The van der Waals surface area contributed by atoms with E-state index in [-0.39, 0.29) is 23.7 Å². The van der Waals surface area contributed by atoms with Crippen LogP contribution in [0.3, 0.4) is 0 Å². The molecule has 1 amide bonds. The number of carbonyl (C=O) groups is 1. The minimum Gasteiger partial charge on any atom is -0.378 e. The zero-order valence-electron chi connectivity index (χ0n) is 18.4. The second-order valence-electron chi connectivity index (χ2n) is 8.30. The molecule has 2 aromatic rings. The number of amides is 1. The maximum absolute atomic E-state index is 13.5. The number of nitrogens with zero attached hydrogens (tertiary/aromatic N) is 3. The molecule has 1 saturated heterocycles. The van der Waals surface area contributed by atoms with E-state index in [9.17, 15) is 9.18 Å². The van der Waals surface area contributed by atoms with Crippen molar-refractivity contribution in [1.29, 1.82) is 0 Å². The SMILES string of the molecule is CCC(C)N(Cc1c(-c2ccc(F)cc2)noc1N1CCOCC1)C(=O)CC(C)C. The first-order valence-electron chi connectivity index (χ1n) is 10.8. The average molecular weight is 418 g/mol. The lowest BCUT2D eigenvalue weighted by atomic mass is 10.0.